The van der Waals surface area contributed by atoms with Gasteiger partial charge < -0.3 is 5.11 Å². The van der Waals surface area contributed by atoms with Gasteiger partial charge in [0.05, 0.1) is 0 Å². The average molecular weight is 443 g/mol. The Bertz CT molecular complexity index is 964. The molecule has 0 bridgehead atoms. The number of fused-ring (bicyclic) bond motifs is 1. The highest BCUT2D eigenvalue weighted by Gasteiger charge is 2.30. The summed E-state index contributed by atoms with van der Waals surface area (Å²) in [5.41, 5.74) is 10.4. The van der Waals surface area contributed by atoms with Crippen LogP contribution in [0.15, 0.2) is 71.8 Å². The maximum atomic E-state index is 11.7. The Balaban J connectivity index is 2.19. The average Bonchev–Trinajstić information content (AvgIpc) is 2.62. The molecule has 5 nitrogen and oxygen atoms in total. The zero-order chi connectivity index (χ0) is 17.8. The Morgan fingerprint density at radius 1 is 1.00 bits per heavy atom. The van der Waals surface area contributed by atoms with Crippen LogP contribution in [-0.4, -0.2) is 17.1 Å². The van der Waals surface area contributed by atoms with E-state index in [0.29, 0.717) is 0 Å². The molecule has 1 N–H and O–H groups in total. The predicted octanol–water partition coefficient (Wildman–Crippen LogP) is 5.34. The molecule has 0 spiro atoms. The molecule has 0 saturated heterocycles. The van der Waals surface area contributed by atoms with Crippen LogP contribution in [0, 0.1) is 3.57 Å². The van der Waals surface area contributed by atoms with Crippen LogP contribution in [0.4, 0.5) is 0 Å². The molecule has 0 unspecified atom stereocenters. The van der Waals surface area contributed by atoms with Gasteiger partial charge in [-0.1, -0.05) is 59.7 Å². The van der Waals surface area contributed by atoms with E-state index in [0.717, 1.165) is 25.5 Å². The molecule has 0 aliphatic carbocycles. The third kappa shape index (κ3) is 3.75. The summed E-state index contributed by atoms with van der Waals surface area (Å²) in [4.78, 5) is 14.5. The Morgan fingerprint density at radius 2 is 1.64 bits per heavy atom. The third-order valence-corrected chi connectivity index (χ3v) is 4.83. The second-order valence-corrected chi connectivity index (χ2v) is 6.87. The summed E-state index contributed by atoms with van der Waals surface area (Å²) in [5.74, 6) is -1.70. The molecule has 0 aliphatic rings. The molecule has 0 fully saturated rings. The number of benzene rings is 3. The van der Waals surface area contributed by atoms with E-state index < -0.39 is 17.9 Å². The first-order valence-corrected chi connectivity index (χ1v) is 8.69. The quantitative estimate of drug-likeness (QED) is 0.250. The molecule has 6 heteroatoms. The minimum Gasteiger partial charge on any atom is -0.481 e. The third-order valence-electron chi connectivity index (χ3n) is 4.11. The topological polar surface area (TPSA) is 86.1 Å². The maximum Gasteiger partial charge on any atom is 0.313 e. The number of hydrogen-bond donors (Lipinski definition) is 1. The first-order chi connectivity index (χ1) is 12.1. The van der Waals surface area contributed by atoms with Gasteiger partial charge in [0.2, 0.25) is 0 Å². The SMILES string of the molecule is [N-]=[N+]=N[C@H](C(=O)O)[C@H](c1ccc(I)cc1)c1ccc2ccccc2c1. The van der Waals surface area contributed by atoms with E-state index in [2.05, 4.69) is 32.6 Å². The molecule has 124 valence electrons. The van der Waals surface area contributed by atoms with E-state index in [4.69, 9.17) is 5.53 Å². The number of carboxylic acids is 1. The maximum absolute atomic E-state index is 11.7. The number of hydrogen-bond acceptors (Lipinski definition) is 2. The molecular formula is C19H14IN3O2. The second kappa shape index (κ2) is 7.55. The van der Waals surface area contributed by atoms with E-state index >= 15 is 0 Å². The minimum atomic E-state index is -1.22. The van der Waals surface area contributed by atoms with Gasteiger partial charge in [0.1, 0.15) is 6.04 Å². The van der Waals surface area contributed by atoms with Crippen LogP contribution >= 0.6 is 22.6 Å². The number of azide groups is 1. The molecule has 25 heavy (non-hydrogen) atoms. The summed E-state index contributed by atoms with van der Waals surface area (Å²) >= 11 is 2.20. The molecule has 0 saturated carbocycles. The molecular weight excluding hydrogens is 429 g/mol. The second-order valence-electron chi connectivity index (χ2n) is 5.62. The van der Waals surface area contributed by atoms with Crippen molar-refractivity contribution in [2.75, 3.05) is 0 Å². The zero-order valence-corrected chi connectivity index (χ0v) is 15.2. The molecule has 3 aromatic carbocycles. The highest BCUT2D eigenvalue weighted by Crippen LogP contribution is 2.32. The molecule has 3 rings (SSSR count). The van der Waals surface area contributed by atoms with Gasteiger partial charge in [0.15, 0.2) is 0 Å². The summed E-state index contributed by atoms with van der Waals surface area (Å²) in [5, 5.41) is 15.2. The lowest BCUT2D eigenvalue weighted by Gasteiger charge is -2.22. The van der Waals surface area contributed by atoms with Crippen molar-refractivity contribution in [2.24, 2.45) is 5.11 Å². The van der Waals surface area contributed by atoms with Crippen molar-refractivity contribution in [2.45, 2.75) is 12.0 Å². The van der Waals surface area contributed by atoms with Gasteiger partial charge in [0, 0.05) is 14.4 Å². The fourth-order valence-electron chi connectivity index (χ4n) is 2.94. The van der Waals surface area contributed by atoms with Crippen molar-refractivity contribution in [3.8, 4) is 0 Å². The normalized spacial score (nSPS) is 13.0. The van der Waals surface area contributed by atoms with Gasteiger partial charge in [-0.25, -0.2) is 0 Å². The number of carbonyl (C=O) groups is 1. The molecule has 0 aliphatic heterocycles. The Hall–Kier alpha value is -2.57. The van der Waals surface area contributed by atoms with Gasteiger partial charge >= 0.3 is 5.97 Å². The molecule has 0 radical (unpaired) electrons. The van der Waals surface area contributed by atoms with Crippen molar-refractivity contribution >= 4 is 39.3 Å². The summed E-state index contributed by atoms with van der Waals surface area (Å²) < 4.78 is 1.05. The van der Waals surface area contributed by atoms with Crippen LogP contribution < -0.4 is 0 Å². The fraction of sp³-hybridized carbons (Fsp3) is 0.105. The Labute approximate surface area is 158 Å². The Morgan fingerprint density at radius 3 is 2.28 bits per heavy atom. The van der Waals surface area contributed by atoms with Gasteiger partial charge in [-0.05, 0) is 62.2 Å². The molecule has 3 aromatic rings. The number of aliphatic carboxylic acids is 1. The predicted molar refractivity (Wildman–Crippen MR) is 106 cm³/mol. The minimum absolute atomic E-state index is 0.560. The highest BCUT2D eigenvalue weighted by atomic mass is 127. The van der Waals surface area contributed by atoms with Crippen molar-refractivity contribution < 1.29 is 9.90 Å². The number of halogens is 1. The van der Waals surface area contributed by atoms with Crippen LogP contribution in [0.25, 0.3) is 21.2 Å². The van der Waals surface area contributed by atoms with Crippen LogP contribution in [0.2, 0.25) is 0 Å². The lowest BCUT2D eigenvalue weighted by molar-refractivity contribution is -0.138. The first-order valence-electron chi connectivity index (χ1n) is 7.61. The first kappa shape index (κ1) is 17.3. The lowest BCUT2D eigenvalue weighted by Crippen LogP contribution is -2.26. The van der Waals surface area contributed by atoms with E-state index in [1.165, 1.54) is 0 Å². The summed E-state index contributed by atoms with van der Waals surface area (Å²) in [7, 11) is 0. The monoisotopic (exact) mass is 443 g/mol. The van der Waals surface area contributed by atoms with Gasteiger partial charge in [0.25, 0.3) is 0 Å². The standard InChI is InChI=1S/C19H14IN3O2/c20-16-9-7-13(8-10-16)17(18(19(24)25)22-23-21)15-6-5-12-3-1-2-4-14(12)11-15/h1-11,17-18H,(H,24,25)/t17-,18+/m1/s1. The van der Waals surface area contributed by atoms with Gasteiger partial charge in [-0.3, -0.25) is 4.79 Å². The molecule has 2 atom stereocenters. The Kier molecular flexibility index (Phi) is 5.21. The fourth-order valence-corrected chi connectivity index (χ4v) is 3.30. The van der Waals surface area contributed by atoms with Crippen LogP contribution in [0.1, 0.15) is 17.0 Å². The summed E-state index contributed by atoms with van der Waals surface area (Å²) in [6.45, 7) is 0. The number of carboxylic acid groups (broad SMARTS) is 1. The lowest BCUT2D eigenvalue weighted by atomic mass is 9.84. The smallest absolute Gasteiger partial charge is 0.313 e. The zero-order valence-electron chi connectivity index (χ0n) is 13.1. The molecule has 0 aromatic heterocycles. The van der Waals surface area contributed by atoms with Crippen molar-refractivity contribution in [1.82, 2.24) is 0 Å². The van der Waals surface area contributed by atoms with Crippen LogP contribution in [-0.2, 0) is 4.79 Å². The van der Waals surface area contributed by atoms with Gasteiger partial charge in [-0.15, -0.1) is 0 Å². The van der Waals surface area contributed by atoms with E-state index in [9.17, 15) is 9.90 Å². The van der Waals surface area contributed by atoms with Crippen LogP contribution in [0.3, 0.4) is 0 Å². The largest absolute Gasteiger partial charge is 0.481 e. The van der Waals surface area contributed by atoms with Crippen molar-refractivity contribution in [1.29, 1.82) is 0 Å². The van der Waals surface area contributed by atoms with E-state index in [-0.39, 0.29) is 0 Å². The van der Waals surface area contributed by atoms with Crippen molar-refractivity contribution in [3.05, 3.63) is 91.9 Å². The summed E-state index contributed by atoms with van der Waals surface area (Å²) in [6, 6.07) is 20.1. The number of rotatable bonds is 5. The van der Waals surface area contributed by atoms with E-state index in [1.54, 1.807) is 0 Å². The van der Waals surface area contributed by atoms with E-state index in [1.807, 2.05) is 66.7 Å². The van der Waals surface area contributed by atoms with Crippen LogP contribution in [0.5, 0.6) is 0 Å². The molecule has 0 amide bonds. The number of nitrogens with zero attached hydrogens (tertiary/aromatic N) is 3. The highest BCUT2D eigenvalue weighted by molar-refractivity contribution is 14.1. The van der Waals surface area contributed by atoms with Crippen molar-refractivity contribution in [3.63, 3.8) is 0 Å². The summed E-state index contributed by atoms with van der Waals surface area (Å²) in [6.07, 6.45) is 0. The molecule has 0 heterocycles. The van der Waals surface area contributed by atoms with Gasteiger partial charge in [-0.2, -0.15) is 0 Å².